The second-order valence-corrected chi connectivity index (χ2v) is 4.64. The number of carbonyl (C=O) groups is 2. The van der Waals surface area contributed by atoms with Gasteiger partial charge in [-0.25, -0.2) is 0 Å². The summed E-state index contributed by atoms with van der Waals surface area (Å²) in [5.74, 6) is -1.25. The smallest absolute Gasteiger partial charge is 0.320 e. The van der Waals surface area contributed by atoms with Crippen molar-refractivity contribution < 1.29 is 14.7 Å². The molecule has 0 aliphatic rings. The van der Waals surface area contributed by atoms with Crippen LogP contribution in [0.25, 0.3) is 0 Å². The molecule has 19 heavy (non-hydrogen) atoms. The lowest BCUT2D eigenvalue weighted by Crippen LogP contribution is -2.36. The van der Waals surface area contributed by atoms with Crippen molar-refractivity contribution in [3.63, 3.8) is 0 Å². The molecule has 0 aliphatic carbocycles. The summed E-state index contributed by atoms with van der Waals surface area (Å²) in [5, 5.41) is 11.5. The molecule has 2 unspecified atom stereocenters. The number of hydrogen-bond donors (Lipinski definition) is 3. The van der Waals surface area contributed by atoms with Gasteiger partial charge in [0.25, 0.3) is 0 Å². The highest BCUT2D eigenvalue weighted by Gasteiger charge is 2.14. The quantitative estimate of drug-likeness (QED) is 0.683. The summed E-state index contributed by atoms with van der Waals surface area (Å²) in [4.78, 5) is 22.1. The fourth-order valence-corrected chi connectivity index (χ4v) is 1.78. The third kappa shape index (κ3) is 6.01. The molecule has 0 spiro atoms. The maximum absolute atomic E-state index is 11.6. The van der Waals surface area contributed by atoms with E-state index in [1.54, 1.807) is 0 Å². The summed E-state index contributed by atoms with van der Waals surface area (Å²) < 4.78 is 0. The zero-order valence-corrected chi connectivity index (χ0v) is 11.0. The molecule has 0 radical (unpaired) electrons. The van der Waals surface area contributed by atoms with Crippen LogP contribution in [-0.2, 0) is 16.0 Å². The highest BCUT2D eigenvalue weighted by Crippen LogP contribution is 2.03. The maximum Gasteiger partial charge on any atom is 0.320 e. The number of carboxylic acid groups (broad SMARTS) is 1. The van der Waals surface area contributed by atoms with E-state index in [9.17, 15) is 9.59 Å². The van der Waals surface area contributed by atoms with Gasteiger partial charge in [-0.1, -0.05) is 30.3 Å². The molecular formula is C14H20N2O3. The molecule has 0 saturated heterocycles. The molecule has 1 aromatic rings. The Balaban J connectivity index is 2.30. The van der Waals surface area contributed by atoms with E-state index < -0.39 is 12.0 Å². The van der Waals surface area contributed by atoms with E-state index in [0.717, 1.165) is 12.0 Å². The minimum Gasteiger partial charge on any atom is -0.480 e. The molecule has 0 bridgehead atoms. The van der Waals surface area contributed by atoms with Crippen molar-refractivity contribution in [2.75, 3.05) is 0 Å². The topological polar surface area (TPSA) is 92.4 Å². The number of benzene rings is 1. The lowest BCUT2D eigenvalue weighted by Gasteiger charge is -2.14. The largest absolute Gasteiger partial charge is 0.480 e. The SMILES string of the molecule is CC(Cc1ccccc1)NC(=O)CCC(N)C(=O)O. The monoisotopic (exact) mass is 264 g/mol. The van der Waals surface area contributed by atoms with Gasteiger partial charge in [-0.05, 0) is 25.3 Å². The average molecular weight is 264 g/mol. The number of nitrogens with two attached hydrogens (primary N) is 1. The second kappa shape index (κ2) is 7.53. The van der Waals surface area contributed by atoms with Gasteiger partial charge in [0.2, 0.25) is 5.91 Å². The number of carboxylic acids is 1. The van der Waals surface area contributed by atoms with Crippen molar-refractivity contribution >= 4 is 11.9 Å². The van der Waals surface area contributed by atoms with Crippen LogP contribution in [0, 0.1) is 0 Å². The normalized spacial score (nSPS) is 13.6. The summed E-state index contributed by atoms with van der Waals surface area (Å²) >= 11 is 0. The van der Waals surface area contributed by atoms with E-state index in [1.165, 1.54) is 0 Å². The highest BCUT2D eigenvalue weighted by atomic mass is 16.4. The lowest BCUT2D eigenvalue weighted by molar-refractivity contribution is -0.138. The third-order valence-corrected chi connectivity index (χ3v) is 2.79. The molecule has 1 amide bonds. The average Bonchev–Trinajstić information content (AvgIpc) is 2.36. The van der Waals surface area contributed by atoms with Crippen molar-refractivity contribution in [1.82, 2.24) is 5.32 Å². The molecule has 1 aromatic carbocycles. The van der Waals surface area contributed by atoms with Gasteiger partial charge < -0.3 is 16.2 Å². The van der Waals surface area contributed by atoms with Crippen LogP contribution in [0.2, 0.25) is 0 Å². The van der Waals surface area contributed by atoms with Gasteiger partial charge >= 0.3 is 5.97 Å². The van der Waals surface area contributed by atoms with E-state index in [-0.39, 0.29) is 24.8 Å². The van der Waals surface area contributed by atoms with Crippen LogP contribution in [0.4, 0.5) is 0 Å². The van der Waals surface area contributed by atoms with Gasteiger partial charge in [0.05, 0.1) is 0 Å². The highest BCUT2D eigenvalue weighted by molar-refractivity contribution is 5.78. The molecule has 5 nitrogen and oxygen atoms in total. The summed E-state index contributed by atoms with van der Waals surface area (Å²) in [6, 6.07) is 8.89. The van der Waals surface area contributed by atoms with E-state index >= 15 is 0 Å². The number of nitrogens with one attached hydrogen (secondary N) is 1. The maximum atomic E-state index is 11.6. The molecule has 0 saturated carbocycles. The van der Waals surface area contributed by atoms with Gasteiger partial charge in [0.1, 0.15) is 6.04 Å². The minimum absolute atomic E-state index is 0.0101. The number of carbonyl (C=O) groups excluding carboxylic acids is 1. The molecule has 1 rings (SSSR count). The summed E-state index contributed by atoms with van der Waals surface area (Å²) in [6.07, 6.45) is 1.03. The summed E-state index contributed by atoms with van der Waals surface area (Å²) in [6.45, 7) is 1.92. The summed E-state index contributed by atoms with van der Waals surface area (Å²) in [7, 11) is 0. The zero-order valence-electron chi connectivity index (χ0n) is 11.0. The minimum atomic E-state index is -1.08. The molecule has 104 valence electrons. The molecule has 0 aliphatic heterocycles. The first-order valence-electron chi connectivity index (χ1n) is 6.30. The lowest BCUT2D eigenvalue weighted by atomic mass is 10.1. The van der Waals surface area contributed by atoms with Gasteiger partial charge in [0.15, 0.2) is 0 Å². The first-order valence-corrected chi connectivity index (χ1v) is 6.30. The van der Waals surface area contributed by atoms with Gasteiger partial charge in [0, 0.05) is 12.5 Å². The first-order chi connectivity index (χ1) is 8.99. The van der Waals surface area contributed by atoms with Gasteiger partial charge in [-0.2, -0.15) is 0 Å². The van der Waals surface area contributed by atoms with E-state index in [4.69, 9.17) is 10.8 Å². The van der Waals surface area contributed by atoms with Gasteiger partial charge in [-0.15, -0.1) is 0 Å². The fraction of sp³-hybridized carbons (Fsp3) is 0.429. The predicted octanol–water partition coefficient (Wildman–Crippen LogP) is 0.926. The number of hydrogen-bond acceptors (Lipinski definition) is 3. The molecule has 0 aromatic heterocycles. The van der Waals surface area contributed by atoms with Crippen LogP contribution in [0.5, 0.6) is 0 Å². The van der Waals surface area contributed by atoms with Crippen LogP contribution >= 0.6 is 0 Å². The Morgan fingerprint density at radius 2 is 1.95 bits per heavy atom. The first kappa shape index (κ1) is 15.2. The van der Waals surface area contributed by atoms with Crippen molar-refractivity contribution in [1.29, 1.82) is 0 Å². The second-order valence-electron chi connectivity index (χ2n) is 4.64. The molecule has 4 N–H and O–H groups in total. The predicted molar refractivity (Wildman–Crippen MR) is 72.6 cm³/mol. The Labute approximate surface area is 112 Å². The Morgan fingerprint density at radius 3 is 2.53 bits per heavy atom. The Morgan fingerprint density at radius 1 is 1.32 bits per heavy atom. The van der Waals surface area contributed by atoms with E-state index in [0.29, 0.717) is 0 Å². The Hall–Kier alpha value is -1.88. The van der Waals surface area contributed by atoms with Crippen LogP contribution in [0.15, 0.2) is 30.3 Å². The van der Waals surface area contributed by atoms with Crippen LogP contribution in [-0.4, -0.2) is 29.1 Å². The Kier molecular flexibility index (Phi) is 6.02. The fourth-order valence-electron chi connectivity index (χ4n) is 1.78. The van der Waals surface area contributed by atoms with E-state index in [2.05, 4.69) is 5.32 Å². The zero-order chi connectivity index (χ0) is 14.3. The Bertz CT molecular complexity index is 420. The molecular weight excluding hydrogens is 244 g/mol. The van der Waals surface area contributed by atoms with Crippen LogP contribution in [0.1, 0.15) is 25.3 Å². The standard InChI is InChI=1S/C14H20N2O3/c1-10(9-11-5-3-2-4-6-11)16-13(17)8-7-12(15)14(18)19/h2-6,10,12H,7-9,15H2,1H3,(H,16,17)(H,18,19). The van der Waals surface area contributed by atoms with Crippen LogP contribution in [0.3, 0.4) is 0 Å². The number of amides is 1. The number of aliphatic carboxylic acids is 1. The van der Waals surface area contributed by atoms with Crippen molar-refractivity contribution in [3.05, 3.63) is 35.9 Å². The summed E-state index contributed by atoms with van der Waals surface area (Å²) in [5.41, 5.74) is 6.49. The van der Waals surface area contributed by atoms with Crippen molar-refractivity contribution in [3.8, 4) is 0 Å². The third-order valence-electron chi connectivity index (χ3n) is 2.79. The molecule has 2 atom stereocenters. The molecule has 0 heterocycles. The molecule has 5 heteroatoms. The van der Waals surface area contributed by atoms with Crippen molar-refractivity contribution in [2.45, 2.75) is 38.3 Å². The van der Waals surface area contributed by atoms with E-state index in [1.807, 2.05) is 37.3 Å². The molecule has 0 fully saturated rings. The van der Waals surface area contributed by atoms with Crippen molar-refractivity contribution in [2.24, 2.45) is 5.73 Å². The van der Waals surface area contributed by atoms with Crippen LogP contribution < -0.4 is 11.1 Å². The van der Waals surface area contributed by atoms with Gasteiger partial charge in [-0.3, -0.25) is 9.59 Å². The number of rotatable bonds is 7.